The number of nitriles is 1. The van der Waals surface area contributed by atoms with Crippen LogP contribution in [0.5, 0.6) is 5.75 Å². The van der Waals surface area contributed by atoms with Gasteiger partial charge in [-0.15, -0.1) is 13.2 Å². The lowest BCUT2D eigenvalue weighted by molar-refractivity contribution is -0.274. The second kappa shape index (κ2) is 9.82. The quantitative estimate of drug-likeness (QED) is 0.504. The van der Waals surface area contributed by atoms with Crippen molar-refractivity contribution in [3.8, 4) is 11.8 Å². The Bertz CT molecular complexity index is 1350. The van der Waals surface area contributed by atoms with Crippen LogP contribution < -0.4 is 15.2 Å². The minimum atomic E-state index is -4.72. The molecule has 2 aromatic heterocycles. The van der Waals surface area contributed by atoms with Crippen LogP contribution in [0.1, 0.15) is 44.5 Å². The Hall–Kier alpha value is -3.58. The van der Waals surface area contributed by atoms with Gasteiger partial charge in [0.2, 0.25) is 0 Å². The van der Waals surface area contributed by atoms with Crippen LogP contribution in [-0.4, -0.2) is 46.0 Å². The zero-order valence-corrected chi connectivity index (χ0v) is 20.6. The number of piperazine rings is 1. The van der Waals surface area contributed by atoms with Gasteiger partial charge < -0.3 is 14.2 Å². The zero-order valence-electron chi connectivity index (χ0n) is 20.6. The van der Waals surface area contributed by atoms with Crippen molar-refractivity contribution in [3.05, 3.63) is 64.1 Å². The number of alkyl halides is 3. The van der Waals surface area contributed by atoms with Gasteiger partial charge >= 0.3 is 6.36 Å². The molecule has 1 fully saturated rings. The average Bonchev–Trinajstić information content (AvgIpc) is 2.85. The number of pyridine rings is 2. The summed E-state index contributed by atoms with van der Waals surface area (Å²) in [5, 5.41) is 9.37. The van der Waals surface area contributed by atoms with E-state index in [4.69, 9.17) is 0 Å². The van der Waals surface area contributed by atoms with Gasteiger partial charge in [0.1, 0.15) is 23.0 Å². The number of halogens is 3. The van der Waals surface area contributed by atoms with Crippen molar-refractivity contribution in [2.75, 3.05) is 18.0 Å². The molecule has 0 aliphatic carbocycles. The van der Waals surface area contributed by atoms with Crippen LogP contribution in [0.15, 0.2) is 47.3 Å². The molecule has 1 aliphatic heterocycles. The van der Waals surface area contributed by atoms with E-state index < -0.39 is 6.36 Å². The third-order valence-electron chi connectivity index (χ3n) is 6.94. The highest BCUT2D eigenvalue weighted by molar-refractivity contribution is 5.89. The second-order valence-electron chi connectivity index (χ2n) is 9.16. The Morgan fingerprint density at radius 3 is 2.50 bits per heavy atom. The van der Waals surface area contributed by atoms with Crippen LogP contribution in [0, 0.1) is 11.3 Å². The Labute approximate surface area is 207 Å². The predicted octanol–water partition coefficient (Wildman–Crippen LogP) is 4.75. The van der Waals surface area contributed by atoms with E-state index in [2.05, 4.69) is 39.4 Å². The van der Waals surface area contributed by atoms with E-state index in [-0.39, 0.29) is 35.1 Å². The molecule has 10 heteroatoms. The molecular weight excluding hydrogens is 471 g/mol. The zero-order chi connectivity index (χ0) is 26.2. The summed E-state index contributed by atoms with van der Waals surface area (Å²) in [6.07, 6.45) is -3.89. The molecule has 1 aliphatic rings. The first-order valence-electron chi connectivity index (χ1n) is 11.8. The van der Waals surface area contributed by atoms with Gasteiger partial charge in [-0.05, 0) is 50.1 Å². The normalized spacial score (nSPS) is 19.8. The van der Waals surface area contributed by atoms with Crippen molar-refractivity contribution in [1.82, 2.24) is 14.5 Å². The van der Waals surface area contributed by atoms with Crippen molar-refractivity contribution in [2.45, 2.75) is 51.7 Å². The van der Waals surface area contributed by atoms with E-state index in [1.807, 2.05) is 6.92 Å². The van der Waals surface area contributed by atoms with Gasteiger partial charge in [-0.25, -0.2) is 4.98 Å². The van der Waals surface area contributed by atoms with Crippen LogP contribution in [-0.2, 0) is 7.05 Å². The van der Waals surface area contributed by atoms with Crippen LogP contribution >= 0.6 is 0 Å². The summed E-state index contributed by atoms with van der Waals surface area (Å²) < 4.78 is 43.1. The summed E-state index contributed by atoms with van der Waals surface area (Å²) in [6, 6.07) is 13.1. The maximum absolute atomic E-state index is 12.7. The van der Waals surface area contributed by atoms with Gasteiger partial charge in [0, 0.05) is 44.3 Å². The Kier molecular flexibility index (Phi) is 6.96. The second-order valence-corrected chi connectivity index (χ2v) is 9.16. The molecule has 36 heavy (non-hydrogen) atoms. The Morgan fingerprint density at radius 2 is 1.89 bits per heavy atom. The maximum atomic E-state index is 12.7. The Morgan fingerprint density at radius 1 is 1.19 bits per heavy atom. The van der Waals surface area contributed by atoms with Gasteiger partial charge in [-0.1, -0.05) is 19.1 Å². The SMILES string of the molecule is CC[C@@H]1CN(c2cc(=O)n(C)c3ccc(C#N)nc23)[C@@H](C)CN1C(C)c1ccc(OC(F)(F)F)cc1. The van der Waals surface area contributed by atoms with E-state index in [1.54, 1.807) is 37.4 Å². The minimum Gasteiger partial charge on any atom is -0.406 e. The molecule has 0 saturated carbocycles. The van der Waals surface area contributed by atoms with Crippen molar-refractivity contribution in [2.24, 2.45) is 7.05 Å². The van der Waals surface area contributed by atoms with Gasteiger partial charge in [-0.2, -0.15) is 5.26 Å². The third kappa shape index (κ3) is 5.02. The number of hydrogen-bond donors (Lipinski definition) is 0. The van der Waals surface area contributed by atoms with Crippen molar-refractivity contribution in [1.29, 1.82) is 5.26 Å². The molecule has 1 unspecified atom stereocenters. The molecule has 0 bridgehead atoms. The number of fused-ring (bicyclic) bond motifs is 1. The first kappa shape index (κ1) is 25.5. The van der Waals surface area contributed by atoms with Crippen LogP contribution in [0.4, 0.5) is 18.9 Å². The fourth-order valence-corrected chi connectivity index (χ4v) is 4.97. The summed E-state index contributed by atoms with van der Waals surface area (Å²) in [7, 11) is 1.69. The molecule has 4 rings (SSSR count). The minimum absolute atomic E-state index is 0.0194. The predicted molar refractivity (Wildman–Crippen MR) is 131 cm³/mol. The van der Waals surface area contributed by atoms with Gasteiger partial charge in [0.05, 0.1) is 11.2 Å². The van der Waals surface area contributed by atoms with Crippen LogP contribution in [0.2, 0.25) is 0 Å². The number of rotatable bonds is 5. The molecule has 3 aromatic rings. The van der Waals surface area contributed by atoms with Crippen molar-refractivity contribution in [3.63, 3.8) is 0 Å². The molecule has 0 radical (unpaired) electrons. The lowest BCUT2D eigenvalue weighted by Gasteiger charge is -2.48. The van der Waals surface area contributed by atoms with E-state index in [0.29, 0.717) is 29.8 Å². The molecule has 7 nitrogen and oxygen atoms in total. The van der Waals surface area contributed by atoms with E-state index >= 15 is 0 Å². The number of ether oxygens (including phenoxy) is 1. The standard InChI is InChI=1S/C26H28F3N5O2/c1-5-20-15-33(23-12-24(35)32(4)22-11-8-19(13-30)31-25(22)23)16(2)14-34(20)17(3)18-6-9-21(10-7-18)36-26(27,28)29/h6-12,16-17,20H,5,14-15H2,1-4H3/t16-,17?,20+/m0/s1. The molecule has 3 heterocycles. The first-order valence-corrected chi connectivity index (χ1v) is 11.8. The summed E-state index contributed by atoms with van der Waals surface area (Å²) in [4.78, 5) is 21.8. The summed E-state index contributed by atoms with van der Waals surface area (Å²) in [6.45, 7) is 7.52. The maximum Gasteiger partial charge on any atom is 0.573 e. The number of hydrogen-bond acceptors (Lipinski definition) is 6. The number of benzene rings is 1. The summed E-state index contributed by atoms with van der Waals surface area (Å²) in [5.41, 5.74) is 3.00. The number of anilines is 1. The lowest BCUT2D eigenvalue weighted by atomic mass is 9.98. The van der Waals surface area contributed by atoms with Crippen LogP contribution in [0.3, 0.4) is 0 Å². The van der Waals surface area contributed by atoms with Crippen molar-refractivity contribution >= 4 is 16.7 Å². The molecule has 0 spiro atoms. The topological polar surface area (TPSA) is 74.4 Å². The van der Waals surface area contributed by atoms with Crippen LogP contribution in [0.25, 0.3) is 11.0 Å². The highest BCUT2D eigenvalue weighted by Gasteiger charge is 2.35. The molecule has 1 aromatic carbocycles. The Balaban J connectivity index is 1.63. The monoisotopic (exact) mass is 499 g/mol. The van der Waals surface area contributed by atoms with E-state index in [1.165, 1.54) is 16.7 Å². The fraction of sp³-hybridized carbons (Fsp3) is 0.423. The number of nitrogens with zero attached hydrogens (tertiary/aromatic N) is 5. The van der Waals surface area contributed by atoms with Gasteiger partial charge in [0.15, 0.2) is 0 Å². The highest BCUT2D eigenvalue weighted by atomic mass is 19.4. The van der Waals surface area contributed by atoms with Gasteiger partial charge in [-0.3, -0.25) is 9.69 Å². The molecule has 190 valence electrons. The highest BCUT2D eigenvalue weighted by Crippen LogP contribution is 2.34. The first-order chi connectivity index (χ1) is 17.0. The third-order valence-corrected chi connectivity index (χ3v) is 6.94. The number of aromatic nitrogens is 2. The number of aryl methyl sites for hydroxylation is 1. The van der Waals surface area contributed by atoms with E-state index in [0.717, 1.165) is 12.0 Å². The molecule has 0 amide bonds. The van der Waals surface area contributed by atoms with E-state index in [9.17, 15) is 23.2 Å². The lowest BCUT2D eigenvalue weighted by Crippen LogP contribution is -2.58. The summed E-state index contributed by atoms with van der Waals surface area (Å²) >= 11 is 0. The fourth-order valence-electron chi connectivity index (χ4n) is 4.97. The molecule has 3 atom stereocenters. The average molecular weight is 500 g/mol. The molecule has 1 saturated heterocycles. The van der Waals surface area contributed by atoms with Gasteiger partial charge in [0.25, 0.3) is 5.56 Å². The summed E-state index contributed by atoms with van der Waals surface area (Å²) in [5.74, 6) is -0.245. The van der Waals surface area contributed by atoms with Crippen molar-refractivity contribution < 1.29 is 17.9 Å². The largest absolute Gasteiger partial charge is 0.573 e. The molecular formula is C26H28F3N5O2. The molecule has 0 N–H and O–H groups in total. The smallest absolute Gasteiger partial charge is 0.406 e.